The smallest absolute Gasteiger partial charge is 0.113 e. The highest BCUT2D eigenvalue weighted by Crippen LogP contribution is 2.30. The van der Waals surface area contributed by atoms with Crippen LogP contribution in [0.3, 0.4) is 0 Å². The van der Waals surface area contributed by atoms with E-state index in [1.54, 1.807) is 0 Å². The molecule has 0 saturated carbocycles. The lowest BCUT2D eigenvalue weighted by atomic mass is 9.94. The first-order chi connectivity index (χ1) is 12.1. The van der Waals surface area contributed by atoms with Crippen molar-refractivity contribution in [3.05, 3.63) is 30.1 Å². The Morgan fingerprint density at radius 3 is 2.92 bits per heavy atom. The molecule has 0 spiro atoms. The number of para-hydroxylation sites is 2. The van der Waals surface area contributed by atoms with Gasteiger partial charge in [-0.2, -0.15) is 0 Å². The Morgan fingerprint density at radius 2 is 2.12 bits per heavy atom. The van der Waals surface area contributed by atoms with E-state index in [1.807, 2.05) is 6.07 Å². The number of aliphatic hydroxyl groups is 1. The summed E-state index contributed by atoms with van der Waals surface area (Å²) in [5.41, 5.74) is 1.51. The number of hydrogen-bond donors (Lipinski definition) is 2. The highest BCUT2D eigenvalue weighted by molar-refractivity contribution is 5.75. The molecule has 6 heteroatoms. The van der Waals surface area contributed by atoms with Crippen LogP contribution in [0, 0.1) is 0 Å². The number of aromatic nitrogens is 2. The number of nitrogens with one attached hydrogen (secondary N) is 1. The number of benzene rings is 1. The number of piperidine rings is 1. The van der Waals surface area contributed by atoms with Crippen molar-refractivity contribution in [3.8, 4) is 0 Å². The maximum absolute atomic E-state index is 10.8. The summed E-state index contributed by atoms with van der Waals surface area (Å²) in [7, 11) is 2.12. The highest BCUT2D eigenvalue weighted by Gasteiger charge is 2.33. The van der Waals surface area contributed by atoms with Crippen molar-refractivity contribution in [2.75, 3.05) is 45.9 Å². The van der Waals surface area contributed by atoms with Crippen molar-refractivity contribution in [1.29, 1.82) is 0 Å². The molecule has 0 aliphatic carbocycles. The van der Waals surface area contributed by atoms with Crippen LogP contribution in [-0.4, -0.2) is 71.1 Å². The van der Waals surface area contributed by atoms with Crippen LogP contribution >= 0.6 is 0 Å². The summed E-state index contributed by atoms with van der Waals surface area (Å²) in [6.45, 7) is 5.19. The van der Waals surface area contributed by atoms with Crippen LogP contribution in [0.25, 0.3) is 11.0 Å². The standard InChI is InChI=1S/C19H28N4O2/c1-22-17-5-3-2-4-16(17)21-18(22)15-6-9-23(10-7-15)13-19(24)12-20-8-11-25-14-19/h2-5,15,20,24H,6-14H2,1H3. The van der Waals surface area contributed by atoms with E-state index in [4.69, 9.17) is 9.72 Å². The zero-order valence-electron chi connectivity index (χ0n) is 14.9. The molecule has 1 atom stereocenters. The zero-order chi connectivity index (χ0) is 17.3. The molecule has 2 aliphatic rings. The van der Waals surface area contributed by atoms with E-state index in [2.05, 4.69) is 40.0 Å². The van der Waals surface area contributed by atoms with Crippen LogP contribution in [0.1, 0.15) is 24.6 Å². The topological polar surface area (TPSA) is 62.5 Å². The van der Waals surface area contributed by atoms with Crippen LogP contribution in [0.4, 0.5) is 0 Å². The molecule has 2 fully saturated rings. The number of imidazole rings is 1. The van der Waals surface area contributed by atoms with E-state index in [-0.39, 0.29) is 0 Å². The summed E-state index contributed by atoms with van der Waals surface area (Å²) in [5.74, 6) is 1.69. The first-order valence-electron chi connectivity index (χ1n) is 9.29. The monoisotopic (exact) mass is 344 g/mol. The van der Waals surface area contributed by atoms with Crippen molar-refractivity contribution >= 4 is 11.0 Å². The Bertz CT molecular complexity index is 713. The lowest BCUT2D eigenvalue weighted by Crippen LogP contribution is -2.52. The normalized spacial score (nSPS) is 26.8. The maximum Gasteiger partial charge on any atom is 0.113 e. The number of hydrogen-bond acceptors (Lipinski definition) is 5. The average Bonchev–Trinajstić information content (AvgIpc) is 2.81. The fourth-order valence-electron chi connectivity index (χ4n) is 4.17. The van der Waals surface area contributed by atoms with Gasteiger partial charge in [0.1, 0.15) is 11.4 Å². The van der Waals surface area contributed by atoms with Crippen molar-refractivity contribution in [2.24, 2.45) is 7.05 Å². The van der Waals surface area contributed by atoms with Gasteiger partial charge in [-0.05, 0) is 38.1 Å². The van der Waals surface area contributed by atoms with Gasteiger partial charge in [-0.1, -0.05) is 12.1 Å². The lowest BCUT2D eigenvalue weighted by molar-refractivity contribution is -0.0521. The molecule has 25 heavy (non-hydrogen) atoms. The second-order valence-corrected chi connectivity index (χ2v) is 7.52. The Morgan fingerprint density at radius 1 is 1.32 bits per heavy atom. The van der Waals surface area contributed by atoms with Gasteiger partial charge in [0.25, 0.3) is 0 Å². The van der Waals surface area contributed by atoms with Gasteiger partial charge >= 0.3 is 0 Å². The minimum Gasteiger partial charge on any atom is -0.385 e. The van der Waals surface area contributed by atoms with E-state index in [1.165, 1.54) is 11.3 Å². The molecule has 2 aliphatic heterocycles. The Kier molecular flexibility index (Phi) is 4.78. The molecule has 4 rings (SSSR count). The number of ether oxygens (including phenoxy) is 1. The van der Waals surface area contributed by atoms with Gasteiger partial charge in [0.05, 0.1) is 24.2 Å². The summed E-state index contributed by atoms with van der Waals surface area (Å²) in [4.78, 5) is 7.24. The maximum atomic E-state index is 10.8. The van der Waals surface area contributed by atoms with Gasteiger partial charge in [0.2, 0.25) is 0 Å². The fourth-order valence-corrected chi connectivity index (χ4v) is 4.17. The molecule has 2 aromatic rings. The van der Waals surface area contributed by atoms with Crippen molar-refractivity contribution in [3.63, 3.8) is 0 Å². The molecule has 3 heterocycles. The van der Waals surface area contributed by atoms with Gasteiger partial charge in [-0.3, -0.25) is 0 Å². The third-order valence-electron chi connectivity index (χ3n) is 5.54. The summed E-state index contributed by atoms with van der Waals surface area (Å²) in [6, 6.07) is 8.34. The van der Waals surface area contributed by atoms with Crippen molar-refractivity contribution in [2.45, 2.75) is 24.4 Å². The van der Waals surface area contributed by atoms with Crippen molar-refractivity contribution in [1.82, 2.24) is 19.8 Å². The van der Waals surface area contributed by atoms with Crippen LogP contribution in [-0.2, 0) is 11.8 Å². The van der Waals surface area contributed by atoms with Crippen LogP contribution in [0.2, 0.25) is 0 Å². The number of β-amino-alcohol motifs (C(OH)–C–C–N with tert-alkyl or cyclic N) is 1. The second kappa shape index (κ2) is 7.03. The first-order valence-corrected chi connectivity index (χ1v) is 9.29. The average molecular weight is 344 g/mol. The molecule has 136 valence electrons. The highest BCUT2D eigenvalue weighted by atomic mass is 16.5. The van der Waals surface area contributed by atoms with E-state index in [0.29, 0.717) is 32.2 Å². The van der Waals surface area contributed by atoms with E-state index < -0.39 is 5.60 Å². The number of fused-ring (bicyclic) bond motifs is 1. The van der Waals surface area contributed by atoms with E-state index in [0.717, 1.165) is 38.0 Å². The second-order valence-electron chi connectivity index (χ2n) is 7.52. The Hall–Kier alpha value is -1.47. The number of aryl methyl sites for hydroxylation is 1. The molecular weight excluding hydrogens is 316 g/mol. The summed E-state index contributed by atoms with van der Waals surface area (Å²) in [6.07, 6.45) is 2.17. The minimum absolute atomic E-state index is 0.421. The molecule has 2 saturated heterocycles. The molecule has 6 nitrogen and oxygen atoms in total. The molecule has 0 bridgehead atoms. The Labute approximate surface area is 148 Å². The van der Waals surface area contributed by atoms with Gasteiger partial charge in [0, 0.05) is 32.6 Å². The molecule has 1 aromatic heterocycles. The first kappa shape index (κ1) is 17.0. The third-order valence-corrected chi connectivity index (χ3v) is 5.54. The molecular formula is C19H28N4O2. The lowest BCUT2D eigenvalue weighted by Gasteiger charge is -2.37. The van der Waals surface area contributed by atoms with Gasteiger partial charge in [-0.25, -0.2) is 4.98 Å². The molecule has 1 unspecified atom stereocenters. The van der Waals surface area contributed by atoms with E-state index >= 15 is 0 Å². The predicted molar refractivity (Wildman–Crippen MR) is 97.8 cm³/mol. The van der Waals surface area contributed by atoms with Gasteiger partial charge in [-0.15, -0.1) is 0 Å². The third kappa shape index (κ3) is 3.58. The van der Waals surface area contributed by atoms with Crippen molar-refractivity contribution < 1.29 is 9.84 Å². The summed E-state index contributed by atoms with van der Waals surface area (Å²) in [5, 5.41) is 14.0. The Balaban J connectivity index is 1.40. The van der Waals surface area contributed by atoms with Gasteiger partial charge < -0.3 is 24.6 Å². The predicted octanol–water partition coefficient (Wildman–Crippen LogP) is 1.10. The number of rotatable bonds is 3. The van der Waals surface area contributed by atoms with Crippen LogP contribution in [0.5, 0.6) is 0 Å². The number of nitrogens with zero attached hydrogens (tertiary/aromatic N) is 3. The minimum atomic E-state index is -0.777. The zero-order valence-corrected chi connectivity index (χ0v) is 14.9. The molecule has 2 N–H and O–H groups in total. The SMILES string of the molecule is Cn1c(C2CCN(CC3(O)CNCCOC3)CC2)nc2ccccc21. The quantitative estimate of drug-likeness (QED) is 0.873. The fraction of sp³-hybridized carbons (Fsp3) is 0.632. The van der Waals surface area contributed by atoms with Crippen LogP contribution < -0.4 is 5.32 Å². The largest absolute Gasteiger partial charge is 0.385 e. The van der Waals surface area contributed by atoms with E-state index in [9.17, 15) is 5.11 Å². The molecule has 0 radical (unpaired) electrons. The summed E-state index contributed by atoms with van der Waals surface area (Å²) >= 11 is 0. The molecule has 0 amide bonds. The molecule has 1 aromatic carbocycles. The van der Waals surface area contributed by atoms with Gasteiger partial charge in [0.15, 0.2) is 0 Å². The summed E-state index contributed by atoms with van der Waals surface area (Å²) < 4.78 is 7.78. The van der Waals surface area contributed by atoms with Crippen LogP contribution in [0.15, 0.2) is 24.3 Å². The number of likely N-dealkylation sites (tertiary alicyclic amines) is 1.